The largest absolute Gasteiger partial charge is 0.756 e. The molecule has 77 heavy (non-hydrogen) atoms. The molecule has 0 aliphatic heterocycles. The van der Waals surface area contributed by atoms with Gasteiger partial charge < -0.3 is 28.8 Å². The van der Waals surface area contributed by atoms with Crippen LogP contribution in [0.4, 0.5) is 0 Å². The number of quaternary nitrogens is 1. The molecule has 3 unspecified atom stereocenters. The van der Waals surface area contributed by atoms with Crippen LogP contribution in [0.1, 0.15) is 341 Å². The van der Waals surface area contributed by atoms with Crippen molar-refractivity contribution in [2.45, 2.75) is 353 Å². The fourth-order valence-electron chi connectivity index (χ4n) is 10.3. The molecule has 9 heteroatoms. The molecule has 0 fully saturated rings. The maximum atomic E-state index is 13.0. The lowest BCUT2D eigenvalue weighted by atomic mass is 10.0. The monoisotopic (exact) mass is 1100 g/mol. The van der Waals surface area contributed by atoms with Crippen LogP contribution in [-0.2, 0) is 18.4 Å². The highest BCUT2D eigenvalue weighted by molar-refractivity contribution is 7.45. The molecule has 456 valence electrons. The Kier molecular flexibility index (Phi) is 58.4. The lowest BCUT2D eigenvalue weighted by Crippen LogP contribution is -2.45. The van der Waals surface area contributed by atoms with E-state index in [0.29, 0.717) is 17.4 Å². The van der Waals surface area contributed by atoms with Gasteiger partial charge in [0.15, 0.2) is 0 Å². The van der Waals surface area contributed by atoms with Crippen LogP contribution in [0.15, 0.2) is 36.5 Å². The number of nitrogens with zero attached hydrogens (tertiary/aromatic N) is 1. The first kappa shape index (κ1) is 75.7. The van der Waals surface area contributed by atoms with Crippen molar-refractivity contribution in [3.05, 3.63) is 36.5 Å². The number of allylic oxidation sites excluding steroid dienone is 5. The number of likely N-dealkylation sites (N-methyl/N-ethyl adjacent to an activating group) is 1. The van der Waals surface area contributed by atoms with Crippen molar-refractivity contribution in [2.24, 2.45) is 0 Å². The quantitative estimate of drug-likeness (QED) is 0.0272. The van der Waals surface area contributed by atoms with Gasteiger partial charge in [-0.3, -0.25) is 9.36 Å². The normalized spacial score (nSPS) is 13.9. The van der Waals surface area contributed by atoms with E-state index in [4.69, 9.17) is 9.05 Å². The van der Waals surface area contributed by atoms with Crippen LogP contribution in [0.3, 0.4) is 0 Å². The summed E-state index contributed by atoms with van der Waals surface area (Å²) in [6.45, 7) is 4.68. The number of amides is 1. The van der Waals surface area contributed by atoms with Crippen molar-refractivity contribution in [2.75, 3.05) is 40.9 Å². The average Bonchev–Trinajstić information content (AvgIpc) is 3.39. The third-order valence-electron chi connectivity index (χ3n) is 15.6. The third kappa shape index (κ3) is 62.2. The molecule has 0 aromatic heterocycles. The van der Waals surface area contributed by atoms with Gasteiger partial charge in [0.25, 0.3) is 7.82 Å². The number of rotatable bonds is 63. The number of aliphatic hydroxyl groups excluding tert-OH is 1. The highest BCUT2D eigenvalue weighted by atomic mass is 31.2. The second kappa shape index (κ2) is 59.3. The minimum Gasteiger partial charge on any atom is -0.756 e. The Morgan fingerprint density at radius 3 is 1.05 bits per heavy atom. The highest BCUT2D eigenvalue weighted by Gasteiger charge is 2.23. The fraction of sp³-hybridized carbons (Fsp3) is 0.897. The standard InChI is InChI=1S/C68H133N2O6P/c1-6-8-10-12-14-16-18-20-22-24-26-28-30-31-32-33-34-35-36-37-38-40-41-43-45-47-49-51-53-55-57-59-61-67(71)66(65-76-77(73,74)75-64-63-70(3,4)5)69-68(72)62-60-58-56-54-52-50-48-46-44-42-39-29-27-25-23-21-19-17-15-13-11-9-7-2/h43,45,51,53,59,61,66-67,71H,6-42,44,46-50,52,54-58,60,62-65H2,1-5H3,(H-,69,72,73,74)/b45-43+,53-51+,61-59+. The lowest BCUT2D eigenvalue weighted by Gasteiger charge is -2.29. The minimum atomic E-state index is -4.61. The Morgan fingerprint density at radius 2 is 0.727 bits per heavy atom. The number of unbranched alkanes of at least 4 members (excludes halogenated alkanes) is 46. The Bertz CT molecular complexity index is 1350. The lowest BCUT2D eigenvalue weighted by molar-refractivity contribution is -0.870. The maximum Gasteiger partial charge on any atom is 0.268 e. The molecule has 3 atom stereocenters. The van der Waals surface area contributed by atoms with E-state index in [9.17, 15) is 19.4 Å². The summed E-state index contributed by atoms with van der Waals surface area (Å²) in [6.07, 6.45) is 78.4. The van der Waals surface area contributed by atoms with E-state index < -0.39 is 26.6 Å². The van der Waals surface area contributed by atoms with E-state index in [1.165, 1.54) is 276 Å². The average molecular weight is 1110 g/mol. The molecule has 0 radical (unpaired) electrons. The van der Waals surface area contributed by atoms with Gasteiger partial charge in [-0.25, -0.2) is 0 Å². The summed E-state index contributed by atoms with van der Waals surface area (Å²) in [5.41, 5.74) is 0. The molecule has 0 aliphatic carbocycles. The molecular formula is C68H133N2O6P. The first-order valence-electron chi connectivity index (χ1n) is 33.9. The summed E-state index contributed by atoms with van der Waals surface area (Å²) in [5.74, 6) is -0.204. The number of hydrogen-bond donors (Lipinski definition) is 2. The van der Waals surface area contributed by atoms with Gasteiger partial charge in [-0.05, 0) is 44.9 Å². The first-order chi connectivity index (χ1) is 37.5. The van der Waals surface area contributed by atoms with Crippen LogP contribution in [0.5, 0.6) is 0 Å². The number of phosphoric ester groups is 1. The Labute approximate surface area is 480 Å². The van der Waals surface area contributed by atoms with Crippen molar-refractivity contribution < 1.29 is 32.9 Å². The summed E-state index contributed by atoms with van der Waals surface area (Å²) in [5, 5.41) is 13.9. The SMILES string of the molecule is CCCCCCCCCCCCCCCCCCCCCCCC/C=C/CC/C=C/CC/C=C/C(O)C(COP(=O)([O-])OCC[N+](C)(C)C)NC(=O)CCCCCCCCCCCCCCCCCCCCCCCCC. The summed E-state index contributed by atoms with van der Waals surface area (Å²) in [4.78, 5) is 25.6. The van der Waals surface area contributed by atoms with Crippen molar-refractivity contribution in [3.8, 4) is 0 Å². The van der Waals surface area contributed by atoms with E-state index in [0.717, 1.165) is 44.9 Å². The van der Waals surface area contributed by atoms with E-state index >= 15 is 0 Å². The van der Waals surface area contributed by atoms with E-state index in [2.05, 4.69) is 43.5 Å². The molecule has 2 N–H and O–H groups in total. The maximum absolute atomic E-state index is 13.0. The summed E-state index contributed by atoms with van der Waals surface area (Å²) in [6, 6.07) is -0.909. The smallest absolute Gasteiger partial charge is 0.268 e. The number of hydrogen-bond acceptors (Lipinski definition) is 6. The van der Waals surface area contributed by atoms with Gasteiger partial charge in [0.2, 0.25) is 5.91 Å². The van der Waals surface area contributed by atoms with Gasteiger partial charge in [-0.2, -0.15) is 0 Å². The van der Waals surface area contributed by atoms with Crippen LogP contribution in [-0.4, -0.2) is 68.5 Å². The van der Waals surface area contributed by atoms with Crippen LogP contribution < -0.4 is 10.2 Å². The highest BCUT2D eigenvalue weighted by Crippen LogP contribution is 2.38. The number of carbonyl (C=O) groups is 1. The van der Waals surface area contributed by atoms with Crippen LogP contribution in [0.2, 0.25) is 0 Å². The summed E-state index contributed by atoms with van der Waals surface area (Å²) in [7, 11) is 1.25. The van der Waals surface area contributed by atoms with Gasteiger partial charge in [0.1, 0.15) is 13.2 Å². The molecule has 0 aliphatic rings. The number of carbonyl (C=O) groups excluding carboxylic acids is 1. The fourth-order valence-corrected chi connectivity index (χ4v) is 11.0. The minimum absolute atomic E-state index is 0.00714. The van der Waals surface area contributed by atoms with Gasteiger partial charge in [-0.15, -0.1) is 0 Å². The molecular weight excluding hydrogens is 972 g/mol. The zero-order valence-corrected chi connectivity index (χ0v) is 53.1. The zero-order valence-electron chi connectivity index (χ0n) is 52.2. The summed E-state index contributed by atoms with van der Waals surface area (Å²) >= 11 is 0. The molecule has 0 aromatic rings. The number of nitrogens with one attached hydrogen (secondary N) is 1. The Balaban J connectivity index is 4.13. The van der Waals surface area contributed by atoms with Gasteiger partial charge in [0, 0.05) is 6.42 Å². The van der Waals surface area contributed by atoms with Crippen LogP contribution >= 0.6 is 7.82 Å². The number of phosphoric acid groups is 1. The molecule has 0 rings (SSSR count). The topological polar surface area (TPSA) is 108 Å². The molecule has 8 nitrogen and oxygen atoms in total. The van der Waals surface area contributed by atoms with Crippen molar-refractivity contribution in [3.63, 3.8) is 0 Å². The van der Waals surface area contributed by atoms with Crippen molar-refractivity contribution in [1.82, 2.24) is 5.32 Å². The van der Waals surface area contributed by atoms with Crippen LogP contribution in [0.25, 0.3) is 0 Å². The number of aliphatic hydroxyl groups is 1. The Morgan fingerprint density at radius 1 is 0.442 bits per heavy atom. The molecule has 0 saturated carbocycles. The first-order valence-corrected chi connectivity index (χ1v) is 35.3. The van der Waals surface area contributed by atoms with Gasteiger partial charge in [0.05, 0.1) is 39.9 Å². The summed E-state index contributed by atoms with van der Waals surface area (Å²) < 4.78 is 23.4. The molecule has 0 bridgehead atoms. The molecule has 0 aromatic carbocycles. The second-order valence-electron chi connectivity index (χ2n) is 24.5. The van der Waals surface area contributed by atoms with Gasteiger partial charge >= 0.3 is 0 Å². The molecule has 0 spiro atoms. The third-order valence-corrected chi connectivity index (χ3v) is 16.5. The zero-order chi connectivity index (χ0) is 56.3. The molecule has 0 heterocycles. The van der Waals surface area contributed by atoms with E-state index in [-0.39, 0.29) is 12.5 Å². The molecule has 0 saturated heterocycles. The van der Waals surface area contributed by atoms with E-state index in [1.54, 1.807) is 6.08 Å². The van der Waals surface area contributed by atoms with E-state index in [1.807, 2.05) is 27.2 Å². The van der Waals surface area contributed by atoms with Crippen LogP contribution in [0, 0.1) is 0 Å². The predicted octanol–water partition coefficient (Wildman–Crippen LogP) is 20.6. The molecule has 1 amide bonds. The van der Waals surface area contributed by atoms with Crippen molar-refractivity contribution >= 4 is 13.7 Å². The second-order valence-corrected chi connectivity index (χ2v) is 25.9. The van der Waals surface area contributed by atoms with Gasteiger partial charge in [-0.1, -0.05) is 326 Å². The Hall–Kier alpha value is -1.28. The predicted molar refractivity (Wildman–Crippen MR) is 335 cm³/mol. The van der Waals surface area contributed by atoms with Crippen molar-refractivity contribution in [1.29, 1.82) is 0 Å².